The van der Waals surface area contributed by atoms with Crippen LogP contribution < -0.4 is 15.1 Å². The van der Waals surface area contributed by atoms with E-state index in [4.69, 9.17) is 23.2 Å². The summed E-state index contributed by atoms with van der Waals surface area (Å²) in [7, 11) is 0. The van der Waals surface area contributed by atoms with Crippen molar-refractivity contribution in [3.8, 4) is 0 Å². The summed E-state index contributed by atoms with van der Waals surface area (Å²) in [4.78, 5) is 41.8. The Bertz CT molecular complexity index is 1250. The minimum Gasteiger partial charge on any atom is -0.366 e. The number of amides is 4. The van der Waals surface area contributed by atoms with E-state index in [0.29, 0.717) is 10.9 Å². The maximum absolute atomic E-state index is 13.3. The summed E-state index contributed by atoms with van der Waals surface area (Å²) in [6, 6.07) is 7.76. The fourth-order valence-electron chi connectivity index (χ4n) is 5.10. The first kappa shape index (κ1) is 24.3. The minimum atomic E-state index is -0.854. The molecule has 2 aromatic carbocycles. The van der Waals surface area contributed by atoms with Crippen molar-refractivity contribution < 1.29 is 14.4 Å². The van der Waals surface area contributed by atoms with Crippen LogP contribution >= 0.6 is 23.2 Å². The molecule has 6 nitrogen and oxygen atoms in total. The van der Waals surface area contributed by atoms with E-state index in [1.807, 2.05) is 6.92 Å². The molecule has 2 heterocycles. The summed E-state index contributed by atoms with van der Waals surface area (Å²) in [5, 5.41) is 2.75. The number of urea groups is 1. The topological polar surface area (TPSA) is 69.7 Å². The van der Waals surface area contributed by atoms with Crippen molar-refractivity contribution in [1.82, 2.24) is 5.32 Å². The maximum atomic E-state index is 13.3. The molecule has 0 unspecified atom stereocenters. The van der Waals surface area contributed by atoms with Gasteiger partial charge in [0, 0.05) is 22.8 Å². The number of carbonyl (C=O) groups excluding carboxylic acids is 3. The van der Waals surface area contributed by atoms with Crippen LogP contribution in [0.1, 0.15) is 56.7 Å². The molecule has 0 spiro atoms. The first-order valence-corrected chi connectivity index (χ1v) is 12.0. The molecular formula is C26H27Cl2N3O3. The van der Waals surface area contributed by atoms with Crippen molar-refractivity contribution in [3.05, 3.63) is 62.6 Å². The smallest absolute Gasteiger partial charge is 0.335 e. The second-order valence-electron chi connectivity index (χ2n) is 9.48. The molecule has 0 aromatic heterocycles. The van der Waals surface area contributed by atoms with Gasteiger partial charge >= 0.3 is 6.03 Å². The number of anilines is 2. The highest BCUT2D eigenvalue weighted by molar-refractivity contribution is 6.42. The highest BCUT2D eigenvalue weighted by Gasteiger charge is 2.39. The number of fused-ring (bicyclic) bond motifs is 1. The van der Waals surface area contributed by atoms with Crippen molar-refractivity contribution in [2.75, 3.05) is 16.3 Å². The lowest BCUT2D eigenvalue weighted by Crippen LogP contribution is -2.54. The standard InChI is InChI=1S/C26H27Cl2N3O3/c1-6-30-22-9-14(2)16(10-18(22)15(3)13-26(30,4)5)11-19-23(32)29-25(34)31(24(19)33)21-8-7-17(27)12-20(21)28/h7-12,15H,6,13H2,1-5H3,(H,29,32,34)/b19-11+/t15-/m1/s1. The predicted molar refractivity (Wildman–Crippen MR) is 137 cm³/mol. The molecule has 0 bridgehead atoms. The Balaban J connectivity index is 1.79. The molecule has 1 saturated heterocycles. The van der Waals surface area contributed by atoms with Crippen LogP contribution in [0, 0.1) is 6.92 Å². The molecule has 2 aliphatic heterocycles. The second kappa shape index (κ2) is 8.75. The largest absolute Gasteiger partial charge is 0.366 e. The summed E-state index contributed by atoms with van der Waals surface area (Å²) in [6.07, 6.45) is 2.54. The SMILES string of the molecule is CCN1c2cc(C)c(/C=C3\C(=O)NC(=O)N(c4ccc(Cl)cc4Cl)C3=O)cc2[C@H](C)CC1(C)C. The van der Waals surface area contributed by atoms with Crippen molar-refractivity contribution in [1.29, 1.82) is 0 Å². The Morgan fingerprint density at radius 3 is 2.47 bits per heavy atom. The molecule has 178 valence electrons. The van der Waals surface area contributed by atoms with Crippen LogP contribution in [0.4, 0.5) is 16.2 Å². The van der Waals surface area contributed by atoms with Crippen LogP contribution in [0.5, 0.6) is 0 Å². The van der Waals surface area contributed by atoms with Gasteiger partial charge in [0.1, 0.15) is 5.57 Å². The second-order valence-corrected chi connectivity index (χ2v) is 10.3. The van der Waals surface area contributed by atoms with Gasteiger partial charge in [-0.2, -0.15) is 0 Å². The number of carbonyl (C=O) groups is 3. The molecule has 2 aromatic rings. The van der Waals surface area contributed by atoms with Gasteiger partial charge in [-0.05, 0) is 93.1 Å². The van der Waals surface area contributed by atoms with Crippen LogP contribution in [-0.2, 0) is 9.59 Å². The van der Waals surface area contributed by atoms with Gasteiger partial charge in [-0.3, -0.25) is 14.9 Å². The minimum absolute atomic E-state index is 0.0333. The van der Waals surface area contributed by atoms with Crippen LogP contribution in [0.15, 0.2) is 35.9 Å². The summed E-state index contributed by atoms with van der Waals surface area (Å²) >= 11 is 12.2. The van der Waals surface area contributed by atoms with Gasteiger partial charge in [0.15, 0.2) is 0 Å². The van der Waals surface area contributed by atoms with E-state index in [1.165, 1.54) is 29.4 Å². The zero-order chi connectivity index (χ0) is 24.9. The lowest BCUT2D eigenvalue weighted by atomic mass is 9.79. The fraction of sp³-hybridized carbons (Fsp3) is 0.346. The highest BCUT2D eigenvalue weighted by atomic mass is 35.5. The molecule has 2 aliphatic rings. The van der Waals surface area contributed by atoms with Crippen LogP contribution in [0.3, 0.4) is 0 Å². The first-order valence-electron chi connectivity index (χ1n) is 11.2. The molecule has 0 radical (unpaired) electrons. The zero-order valence-corrected chi connectivity index (χ0v) is 21.3. The lowest BCUT2D eigenvalue weighted by molar-refractivity contribution is -0.122. The summed E-state index contributed by atoms with van der Waals surface area (Å²) in [5.74, 6) is -1.16. The monoisotopic (exact) mass is 499 g/mol. The molecule has 4 amide bonds. The number of nitrogens with one attached hydrogen (secondary N) is 1. The summed E-state index contributed by atoms with van der Waals surface area (Å²) in [5.41, 5.74) is 4.10. The van der Waals surface area contributed by atoms with E-state index in [-0.39, 0.29) is 21.8 Å². The number of barbiturate groups is 1. The van der Waals surface area contributed by atoms with Crippen molar-refractivity contribution >= 4 is 58.5 Å². The van der Waals surface area contributed by atoms with Gasteiger partial charge < -0.3 is 4.90 Å². The van der Waals surface area contributed by atoms with Crippen LogP contribution in [-0.4, -0.2) is 29.9 Å². The Hall–Kier alpha value is -2.83. The van der Waals surface area contributed by atoms with E-state index >= 15 is 0 Å². The third-order valence-corrected chi connectivity index (χ3v) is 7.18. The molecule has 4 rings (SSSR count). The fourth-order valence-corrected chi connectivity index (χ4v) is 5.59. The molecule has 0 aliphatic carbocycles. The molecule has 8 heteroatoms. The maximum Gasteiger partial charge on any atom is 0.335 e. The molecule has 0 saturated carbocycles. The quantitative estimate of drug-likeness (QED) is 0.410. The Morgan fingerprint density at radius 1 is 1.12 bits per heavy atom. The highest BCUT2D eigenvalue weighted by Crippen LogP contribution is 2.44. The Kier molecular flexibility index (Phi) is 6.25. The number of benzene rings is 2. The van der Waals surface area contributed by atoms with E-state index in [1.54, 1.807) is 6.08 Å². The van der Waals surface area contributed by atoms with E-state index in [0.717, 1.165) is 29.0 Å². The van der Waals surface area contributed by atoms with Gasteiger partial charge in [-0.15, -0.1) is 0 Å². The average Bonchev–Trinajstić information content (AvgIpc) is 2.72. The lowest BCUT2D eigenvalue weighted by Gasteiger charge is -2.47. The van der Waals surface area contributed by atoms with Gasteiger partial charge in [-0.25, -0.2) is 9.69 Å². The van der Waals surface area contributed by atoms with E-state index in [2.05, 4.69) is 50.0 Å². The molecule has 34 heavy (non-hydrogen) atoms. The van der Waals surface area contributed by atoms with Crippen molar-refractivity contribution in [2.45, 2.75) is 52.5 Å². The number of imide groups is 2. The number of hydrogen-bond donors (Lipinski definition) is 1. The number of halogens is 2. The number of rotatable bonds is 3. The predicted octanol–water partition coefficient (Wildman–Crippen LogP) is 6.08. The normalized spacial score (nSPS) is 21.1. The summed E-state index contributed by atoms with van der Waals surface area (Å²) in [6.45, 7) is 11.7. The third kappa shape index (κ3) is 4.10. The van der Waals surface area contributed by atoms with Crippen LogP contribution in [0.25, 0.3) is 6.08 Å². The molecule has 1 atom stereocenters. The number of aryl methyl sites for hydroxylation is 1. The van der Waals surface area contributed by atoms with Gasteiger partial charge in [0.2, 0.25) is 0 Å². The van der Waals surface area contributed by atoms with Gasteiger partial charge in [0.05, 0.1) is 10.7 Å². The number of nitrogens with zero attached hydrogens (tertiary/aromatic N) is 2. The molecule has 1 fully saturated rings. The first-order chi connectivity index (χ1) is 15.9. The average molecular weight is 500 g/mol. The Morgan fingerprint density at radius 2 is 1.82 bits per heavy atom. The number of hydrogen-bond acceptors (Lipinski definition) is 4. The van der Waals surface area contributed by atoms with Crippen LogP contribution in [0.2, 0.25) is 10.0 Å². The Labute approximate surface area is 209 Å². The van der Waals surface area contributed by atoms with E-state index in [9.17, 15) is 14.4 Å². The van der Waals surface area contributed by atoms with E-state index < -0.39 is 17.8 Å². The molecule has 1 N–H and O–H groups in total. The zero-order valence-electron chi connectivity index (χ0n) is 19.8. The molecular weight excluding hydrogens is 473 g/mol. The van der Waals surface area contributed by atoms with Gasteiger partial charge in [-0.1, -0.05) is 30.1 Å². The third-order valence-electron chi connectivity index (χ3n) is 6.64. The van der Waals surface area contributed by atoms with Crippen molar-refractivity contribution in [3.63, 3.8) is 0 Å². The summed E-state index contributed by atoms with van der Waals surface area (Å²) < 4.78 is 0. The van der Waals surface area contributed by atoms with Crippen molar-refractivity contribution in [2.24, 2.45) is 0 Å². The van der Waals surface area contributed by atoms with Gasteiger partial charge in [0.25, 0.3) is 11.8 Å².